The van der Waals surface area contributed by atoms with Gasteiger partial charge in [-0.05, 0) is 37.3 Å². The summed E-state index contributed by atoms with van der Waals surface area (Å²) in [4.78, 5) is 11.6. The van der Waals surface area contributed by atoms with E-state index in [1.165, 1.54) is 12.7 Å². The molecule has 1 heterocycles. The highest BCUT2D eigenvalue weighted by Gasteiger charge is 2.64. The van der Waals surface area contributed by atoms with Gasteiger partial charge in [0, 0.05) is 24.2 Å². The Bertz CT molecular complexity index is 482. The largest absolute Gasteiger partial charge is 0.464 e. The molecule has 0 aromatic carbocycles. The van der Waals surface area contributed by atoms with Crippen LogP contribution in [0.1, 0.15) is 41.7 Å². The number of aryl methyl sites for hydroxylation is 1. The van der Waals surface area contributed by atoms with Crippen molar-refractivity contribution in [2.45, 2.75) is 36.6 Å². The molecule has 4 nitrogen and oxygen atoms in total. The zero-order chi connectivity index (χ0) is 12.3. The zero-order valence-corrected chi connectivity index (χ0v) is 10.3. The maximum atomic E-state index is 11.6. The molecule has 0 saturated heterocycles. The topological polar surface area (TPSA) is 57.2 Å². The molecule has 0 radical (unpaired) electrons. The third-order valence-corrected chi connectivity index (χ3v) is 4.44. The van der Waals surface area contributed by atoms with E-state index < -0.39 is 0 Å². The van der Waals surface area contributed by atoms with E-state index >= 15 is 0 Å². The van der Waals surface area contributed by atoms with Crippen LogP contribution < -0.4 is 5.73 Å². The van der Waals surface area contributed by atoms with Crippen molar-refractivity contribution in [2.24, 2.45) is 12.8 Å². The fourth-order valence-electron chi connectivity index (χ4n) is 2.95. The fourth-order valence-corrected chi connectivity index (χ4v) is 2.95. The summed E-state index contributed by atoms with van der Waals surface area (Å²) in [7, 11) is 3.29. The van der Waals surface area contributed by atoms with Crippen LogP contribution in [0.2, 0.25) is 0 Å². The van der Waals surface area contributed by atoms with Gasteiger partial charge in [-0.3, -0.25) is 0 Å². The molecule has 2 aliphatic carbocycles. The first-order valence-electron chi connectivity index (χ1n) is 6.06. The van der Waals surface area contributed by atoms with Gasteiger partial charge < -0.3 is 15.0 Å². The van der Waals surface area contributed by atoms with Gasteiger partial charge in [0.05, 0.1) is 7.11 Å². The molecule has 1 aromatic heterocycles. The number of hydrogen-bond donors (Lipinski definition) is 1. The van der Waals surface area contributed by atoms with Crippen molar-refractivity contribution in [1.82, 2.24) is 4.57 Å². The van der Waals surface area contributed by atoms with Crippen LogP contribution in [0.4, 0.5) is 0 Å². The summed E-state index contributed by atoms with van der Waals surface area (Å²) < 4.78 is 6.61. The Labute approximate surface area is 101 Å². The van der Waals surface area contributed by atoms with Crippen LogP contribution in [0.25, 0.3) is 0 Å². The van der Waals surface area contributed by atoms with Crippen LogP contribution in [0, 0.1) is 0 Å². The second kappa shape index (κ2) is 3.13. The summed E-state index contributed by atoms with van der Waals surface area (Å²) in [5.74, 6) is -0.281. The SMILES string of the molecule is COC(=O)c1cc(C2(C3(N)CC3)CC2)cn1C. The average Bonchev–Trinajstić information content (AvgIpc) is 3.20. The molecule has 0 unspecified atom stereocenters. The third-order valence-electron chi connectivity index (χ3n) is 4.44. The first-order valence-corrected chi connectivity index (χ1v) is 6.06. The number of carbonyl (C=O) groups excluding carboxylic acids is 1. The molecule has 2 saturated carbocycles. The van der Waals surface area contributed by atoms with E-state index in [0.717, 1.165) is 25.7 Å². The molecule has 17 heavy (non-hydrogen) atoms. The Balaban J connectivity index is 1.98. The highest BCUT2D eigenvalue weighted by atomic mass is 16.5. The number of nitrogens with zero attached hydrogens (tertiary/aromatic N) is 1. The molecular weight excluding hydrogens is 216 g/mol. The van der Waals surface area contributed by atoms with E-state index in [4.69, 9.17) is 10.5 Å². The molecule has 4 heteroatoms. The van der Waals surface area contributed by atoms with Gasteiger partial charge in [-0.15, -0.1) is 0 Å². The Kier molecular flexibility index (Phi) is 2.00. The first kappa shape index (κ1) is 10.8. The third kappa shape index (κ3) is 1.37. The number of esters is 1. The second-order valence-electron chi connectivity index (χ2n) is 5.45. The van der Waals surface area contributed by atoms with Crippen molar-refractivity contribution in [3.63, 3.8) is 0 Å². The van der Waals surface area contributed by atoms with Crippen molar-refractivity contribution in [2.75, 3.05) is 7.11 Å². The van der Waals surface area contributed by atoms with Gasteiger partial charge in [0.25, 0.3) is 0 Å². The number of hydrogen-bond acceptors (Lipinski definition) is 3. The molecule has 0 bridgehead atoms. The quantitative estimate of drug-likeness (QED) is 0.803. The fraction of sp³-hybridized carbons (Fsp3) is 0.615. The zero-order valence-electron chi connectivity index (χ0n) is 10.3. The minimum absolute atomic E-state index is 0.0122. The van der Waals surface area contributed by atoms with Crippen molar-refractivity contribution < 1.29 is 9.53 Å². The number of ether oxygens (including phenoxy) is 1. The summed E-state index contributed by atoms with van der Waals surface area (Å²) in [5, 5.41) is 0. The molecule has 2 N–H and O–H groups in total. The minimum Gasteiger partial charge on any atom is -0.464 e. The van der Waals surface area contributed by atoms with Gasteiger partial charge in [0.2, 0.25) is 0 Å². The van der Waals surface area contributed by atoms with Crippen LogP contribution in [0.15, 0.2) is 12.3 Å². The van der Waals surface area contributed by atoms with Crippen LogP contribution >= 0.6 is 0 Å². The van der Waals surface area contributed by atoms with Gasteiger partial charge in [0.1, 0.15) is 5.69 Å². The van der Waals surface area contributed by atoms with E-state index in [1.807, 2.05) is 23.9 Å². The van der Waals surface area contributed by atoms with Crippen LogP contribution in [0.5, 0.6) is 0 Å². The standard InChI is InChI=1S/C13H18N2O2/c1-15-8-9(7-10(15)11(16)17-2)12(3-4-12)13(14)5-6-13/h7-8H,3-6,14H2,1-2H3. The molecule has 0 spiro atoms. The predicted octanol–water partition coefficient (Wildman–Crippen LogP) is 1.33. The van der Waals surface area contributed by atoms with E-state index in [1.54, 1.807) is 0 Å². The van der Waals surface area contributed by atoms with Crippen molar-refractivity contribution >= 4 is 5.97 Å². The molecule has 1 aromatic rings. The predicted molar refractivity (Wildman–Crippen MR) is 63.8 cm³/mol. The lowest BCUT2D eigenvalue weighted by Crippen LogP contribution is -2.37. The van der Waals surface area contributed by atoms with Gasteiger partial charge in [-0.2, -0.15) is 0 Å². The summed E-state index contributed by atoms with van der Waals surface area (Å²) in [6, 6.07) is 1.95. The normalized spacial score (nSPS) is 23.2. The monoisotopic (exact) mass is 234 g/mol. The van der Waals surface area contributed by atoms with Crippen LogP contribution in [-0.2, 0) is 17.2 Å². The van der Waals surface area contributed by atoms with Gasteiger partial charge in [-0.1, -0.05) is 0 Å². The average molecular weight is 234 g/mol. The molecule has 0 aliphatic heterocycles. The molecule has 3 rings (SSSR count). The molecule has 92 valence electrons. The Morgan fingerprint density at radius 1 is 1.41 bits per heavy atom. The summed E-state index contributed by atoms with van der Waals surface area (Å²) in [6.07, 6.45) is 6.54. The summed E-state index contributed by atoms with van der Waals surface area (Å²) in [6.45, 7) is 0. The van der Waals surface area contributed by atoms with E-state index in [2.05, 4.69) is 0 Å². The minimum atomic E-state index is -0.281. The Morgan fingerprint density at radius 2 is 2.06 bits per heavy atom. The lowest BCUT2D eigenvalue weighted by molar-refractivity contribution is 0.0590. The maximum Gasteiger partial charge on any atom is 0.354 e. The Hall–Kier alpha value is -1.29. The molecular formula is C13H18N2O2. The molecule has 0 atom stereocenters. The van der Waals surface area contributed by atoms with Gasteiger partial charge >= 0.3 is 5.97 Å². The number of methoxy groups -OCH3 is 1. The van der Waals surface area contributed by atoms with Crippen molar-refractivity contribution in [1.29, 1.82) is 0 Å². The Morgan fingerprint density at radius 3 is 2.53 bits per heavy atom. The highest BCUT2D eigenvalue weighted by molar-refractivity contribution is 5.88. The smallest absolute Gasteiger partial charge is 0.354 e. The van der Waals surface area contributed by atoms with E-state index in [9.17, 15) is 4.79 Å². The molecule has 2 aliphatic rings. The molecule has 2 fully saturated rings. The van der Waals surface area contributed by atoms with Crippen LogP contribution in [0.3, 0.4) is 0 Å². The second-order valence-corrected chi connectivity index (χ2v) is 5.45. The van der Waals surface area contributed by atoms with Gasteiger partial charge in [-0.25, -0.2) is 4.79 Å². The number of rotatable bonds is 3. The number of carbonyl (C=O) groups is 1. The number of aromatic nitrogens is 1. The van der Waals surface area contributed by atoms with E-state index in [-0.39, 0.29) is 16.9 Å². The summed E-state index contributed by atoms with van der Waals surface area (Å²) in [5.41, 5.74) is 8.30. The lowest BCUT2D eigenvalue weighted by Gasteiger charge is -2.21. The van der Waals surface area contributed by atoms with E-state index in [0.29, 0.717) is 5.69 Å². The maximum absolute atomic E-state index is 11.6. The van der Waals surface area contributed by atoms with Crippen molar-refractivity contribution in [3.8, 4) is 0 Å². The number of nitrogens with two attached hydrogens (primary N) is 1. The highest BCUT2D eigenvalue weighted by Crippen LogP contribution is 2.63. The summed E-state index contributed by atoms with van der Waals surface area (Å²) >= 11 is 0. The molecule has 0 amide bonds. The first-order chi connectivity index (χ1) is 8.02. The van der Waals surface area contributed by atoms with Gasteiger partial charge in [0.15, 0.2) is 0 Å². The van der Waals surface area contributed by atoms with Crippen molar-refractivity contribution in [3.05, 3.63) is 23.5 Å². The lowest BCUT2D eigenvalue weighted by atomic mass is 9.88. The van der Waals surface area contributed by atoms with Crippen LogP contribution in [-0.4, -0.2) is 23.2 Å².